The van der Waals surface area contributed by atoms with E-state index in [1.165, 1.54) is 0 Å². The number of anilines is 1. The number of halogens is 1. The minimum absolute atomic E-state index is 0.227. The molecule has 2 rings (SSSR count). The second-order valence-electron chi connectivity index (χ2n) is 4.84. The zero-order valence-corrected chi connectivity index (χ0v) is 13.3. The molecule has 116 valence electrons. The summed E-state index contributed by atoms with van der Waals surface area (Å²) in [5, 5.41) is 3.39. The third-order valence-corrected chi connectivity index (χ3v) is 3.22. The Hall–Kier alpha value is -2.04. The number of methoxy groups -OCH3 is 1. The average Bonchev–Trinajstić information content (AvgIpc) is 2.48. The van der Waals surface area contributed by atoms with Gasteiger partial charge in [-0.25, -0.2) is 0 Å². The topological polar surface area (TPSA) is 47.6 Å². The van der Waals surface area contributed by atoms with E-state index >= 15 is 0 Å². The van der Waals surface area contributed by atoms with E-state index in [-0.39, 0.29) is 5.91 Å². The quantitative estimate of drug-likeness (QED) is 0.878. The first-order chi connectivity index (χ1) is 10.6. The summed E-state index contributed by atoms with van der Waals surface area (Å²) in [6, 6.07) is 14.4. The minimum atomic E-state index is -0.635. The Balaban J connectivity index is 1.97. The predicted molar refractivity (Wildman–Crippen MR) is 87.3 cm³/mol. The van der Waals surface area contributed by atoms with Crippen LogP contribution in [0.1, 0.15) is 12.5 Å². The molecule has 0 aliphatic heterocycles. The van der Waals surface area contributed by atoms with E-state index in [2.05, 4.69) is 5.32 Å². The van der Waals surface area contributed by atoms with Crippen LogP contribution in [0.3, 0.4) is 0 Å². The number of hydrogen-bond acceptors (Lipinski definition) is 3. The summed E-state index contributed by atoms with van der Waals surface area (Å²) in [5.74, 6) is 0.331. The van der Waals surface area contributed by atoms with Crippen molar-refractivity contribution in [3.63, 3.8) is 0 Å². The van der Waals surface area contributed by atoms with E-state index in [0.29, 0.717) is 23.1 Å². The van der Waals surface area contributed by atoms with Gasteiger partial charge < -0.3 is 14.8 Å². The molecule has 0 saturated carbocycles. The van der Waals surface area contributed by atoms with Crippen LogP contribution in [-0.2, 0) is 16.1 Å². The van der Waals surface area contributed by atoms with Crippen LogP contribution < -0.4 is 10.1 Å². The maximum absolute atomic E-state index is 12.2. The van der Waals surface area contributed by atoms with E-state index in [0.717, 1.165) is 5.56 Å². The van der Waals surface area contributed by atoms with Crippen LogP contribution in [0, 0.1) is 0 Å². The van der Waals surface area contributed by atoms with Gasteiger partial charge in [-0.15, -0.1) is 0 Å². The molecule has 0 bridgehead atoms. The fourth-order valence-corrected chi connectivity index (χ4v) is 2.13. The Labute approximate surface area is 135 Å². The van der Waals surface area contributed by atoms with Crippen molar-refractivity contribution in [2.24, 2.45) is 0 Å². The summed E-state index contributed by atoms with van der Waals surface area (Å²) in [6.07, 6.45) is -0.635. The zero-order chi connectivity index (χ0) is 15.9. The summed E-state index contributed by atoms with van der Waals surface area (Å²) in [5.41, 5.74) is 1.70. The van der Waals surface area contributed by atoms with Crippen LogP contribution in [0.2, 0.25) is 5.02 Å². The molecular weight excluding hydrogens is 302 g/mol. The molecule has 2 aromatic rings. The third-order valence-electron chi connectivity index (χ3n) is 2.98. The maximum Gasteiger partial charge on any atom is 0.265 e. The van der Waals surface area contributed by atoms with Crippen molar-refractivity contribution in [1.82, 2.24) is 0 Å². The Morgan fingerprint density at radius 1 is 1.23 bits per heavy atom. The van der Waals surface area contributed by atoms with Crippen LogP contribution in [-0.4, -0.2) is 19.1 Å². The molecule has 0 radical (unpaired) electrons. The number of ether oxygens (including phenoxy) is 2. The largest absolute Gasteiger partial charge is 0.481 e. The van der Waals surface area contributed by atoms with Crippen molar-refractivity contribution < 1.29 is 14.3 Å². The standard InChI is InChI=1S/C17H18ClNO3/c1-12(22-16-8-4-6-14(18)10-16)17(20)19-15-7-3-5-13(9-15)11-21-2/h3-10,12H,11H2,1-2H3,(H,19,20)/t12-/m0/s1. The summed E-state index contributed by atoms with van der Waals surface area (Å²) in [4.78, 5) is 12.2. The molecule has 0 aromatic heterocycles. The highest BCUT2D eigenvalue weighted by Gasteiger charge is 2.15. The van der Waals surface area contributed by atoms with Gasteiger partial charge in [-0.2, -0.15) is 0 Å². The lowest BCUT2D eigenvalue weighted by atomic mass is 10.2. The molecule has 22 heavy (non-hydrogen) atoms. The lowest BCUT2D eigenvalue weighted by Gasteiger charge is -2.15. The smallest absolute Gasteiger partial charge is 0.265 e. The number of nitrogens with one attached hydrogen (secondary N) is 1. The Morgan fingerprint density at radius 3 is 2.73 bits per heavy atom. The second-order valence-corrected chi connectivity index (χ2v) is 5.28. The molecular formula is C17H18ClNO3. The van der Waals surface area contributed by atoms with Gasteiger partial charge in [0, 0.05) is 17.8 Å². The molecule has 0 saturated heterocycles. The van der Waals surface area contributed by atoms with Gasteiger partial charge in [-0.05, 0) is 42.8 Å². The molecule has 4 nitrogen and oxygen atoms in total. The Morgan fingerprint density at radius 2 is 2.00 bits per heavy atom. The maximum atomic E-state index is 12.2. The molecule has 1 atom stereocenters. The van der Waals surface area contributed by atoms with Gasteiger partial charge in [0.1, 0.15) is 5.75 Å². The number of hydrogen-bond donors (Lipinski definition) is 1. The number of amides is 1. The van der Waals surface area contributed by atoms with Crippen LogP contribution in [0.15, 0.2) is 48.5 Å². The van der Waals surface area contributed by atoms with Crippen LogP contribution in [0.5, 0.6) is 5.75 Å². The van der Waals surface area contributed by atoms with Crippen molar-refractivity contribution in [3.8, 4) is 5.75 Å². The van der Waals surface area contributed by atoms with Gasteiger partial charge in [0.05, 0.1) is 6.61 Å². The molecule has 0 spiro atoms. The highest BCUT2D eigenvalue weighted by molar-refractivity contribution is 6.30. The van der Waals surface area contributed by atoms with Crippen LogP contribution >= 0.6 is 11.6 Å². The lowest BCUT2D eigenvalue weighted by molar-refractivity contribution is -0.122. The van der Waals surface area contributed by atoms with Gasteiger partial charge in [-0.3, -0.25) is 4.79 Å². The lowest BCUT2D eigenvalue weighted by Crippen LogP contribution is -2.30. The first-order valence-corrected chi connectivity index (χ1v) is 7.27. The first-order valence-electron chi connectivity index (χ1n) is 6.89. The van der Waals surface area contributed by atoms with E-state index in [9.17, 15) is 4.79 Å². The molecule has 1 amide bonds. The van der Waals surface area contributed by atoms with Gasteiger partial charge in [0.25, 0.3) is 5.91 Å². The molecule has 0 unspecified atom stereocenters. The van der Waals surface area contributed by atoms with Gasteiger partial charge in [-0.1, -0.05) is 29.8 Å². The van der Waals surface area contributed by atoms with Crippen LogP contribution in [0.4, 0.5) is 5.69 Å². The van der Waals surface area contributed by atoms with Gasteiger partial charge in [0.15, 0.2) is 6.10 Å². The molecule has 1 N–H and O–H groups in total. The van der Waals surface area contributed by atoms with E-state index in [1.54, 1.807) is 38.3 Å². The fraction of sp³-hybridized carbons (Fsp3) is 0.235. The van der Waals surface area contributed by atoms with Crippen molar-refractivity contribution in [2.45, 2.75) is 19.6 Å². The minimum Gasteiger partial charge on any atom is -0.481 e. The van der Waals surface area contributed by atoms with Gasteiger partial charge in [0.2, 0.25) is 0 Å². The summed E-state index contributed by atoms with van der Waals surface area (Å²) in [6.45, 7) is 2.19. The molecule has 2 aromatic carbocycles. The highest BCUT2D eigenvalue weighted by Crippen LogP contribution is 2.19. The zero-order valence-electron chi connectivity index (χ0n) is 12.5. The third kappa shape index (κ3) is 4.76. The molecule has 0 fully saturated rings. The normalized spacial score (nSPS) is 11.8. The van der Waals surface area contributed by atoms with Crippen molar-refractivity contribution in [3.05, 3.63) is 59.1 Å². The molecule has 0 heterocycles. The monoisotopic (exact) mass is 319 g/mol. The van der Waals surface area contributed by atoms with Gasteiger partial charge >= 0.3 is 0 Å². The molecule has 0 aliphatic rings. The van der Waals surface area contributed by atoms with E-state index in [1.807, 2.05) is 24.3 Å². The van der Waals surface area contributed by atoms with Crippen LogP contribution in [0.25, 0.3) is 0 Å². The van der Waals surface area contributed by atoms with E-state index < -0.39 is 6.10 Å². The average molecular weight is 320 g/mol. The molecule has 0 aliphatic carbocycles. The highest BCUT2D eigenvalue weighted by atomic mass is 35.5. The number of carbonyl (C=O) groups excluding carboxylic acids is 1. The summed E-state index contributed by atoms with van der Waals surface area (Å²) >= 11 is 5.89. The number of carbonyl (C=O) groups is 1. The number of benzene rings is 2. The summed E-state index contributed by atoms with van der Waals surface area (Å²) < 4.78 is 10.7. The van der Waals surface area contributed by atoms with Crippen molar-refractivity contribution in [2.75, 3.05) is 12.4 Å². The SMILES string of the molecule is COCc1cccc(NC(=O)[C@H](C)Oc2cccc(Cl)c2)c1. The Kier molecular flexibility index (Phi) is 5.81. The fourth-order valence-electron chi connectivity index (χ4n) is 1.95. The van der Waals surface area contributed by atoms with Crippen molar-refractivity contribution >= 4 is 23.2 Å². The Bertz CT molecular complexity index is 645. The summed E-state index contributed by atoms with van der Waals surface area (Å²) in [7, 11) is 1.63. The second kappa shape index (κ2) is 7.82. The number of rotatable bonds is 6. The predicted octanol–water partition coefficient (Wildman–Crippen LogP) is 3.89. The van der Waals surface area contributed by atoms with Crippen molar-refractivity contribution in [1.29, 1.82) is 0 Å². The van der Waals surface area contributed by atoms with E-state index in [4.69, 9.17) is 21.1 Å². The first kappa shape index (κ1) is 16.3. The molecule has 5 heteroatoms.